The van der Waals surface area contributed by atoms with E-state index in [9.17, 15) is 19.8 Å². The van der Waals surface area contributed by atoms with Crippen molar-refractivity contribution in [3.8, 4) is 0 Å². The van der Waals surface area contributed by atoms with Gasteiger partial charge < -0.3 is 10.2 Å². The summed E-state index contributed by atoms with van der Waals surface area (Å²) in [6.45, 7) is 8.84. The van der Waals surface area contributed by atoms with E-state index < -0.39 is 23.8 Å². The number of fused-ring (bicyclic) bond motifs is 2. The minimum absolute atomic E-state index is 0.0614. The first-order valence-electron chi connectivity index (χ1n) is 11.1. The van der Waals surface area contributed by atoms with Gasteiger partial charge in [-0.1, -0.05) is 77.4 Å². The Morgan fingerprint density at radius 3 is 1.44 bits per heavy atom. The maximum atomic E-state index is 11.9. The van der Waals surface area contributed by atoms with E-state index in [2.05, 4.69) is 27.7 Å². The van der Waals surface area contributed by atoms with Gasteiger partial charge in [0, 0.05) is 0 Å². The quantitative estimate of drug-likeness (QED) is 0.423. The smallest absolute Gasteiger partial charge is 0.308 e. The van der Waals surface area contributed by atoms with E-state index in [-0.39, 0.29) is 11.8 Å². The van der Waals surface area contributed by atoms with Crippen LogP contribution in [0.25, 0.3) is 0 Å². The van der Waals surface area contributed by atoms with Gasteiger partial charge in [0.15, 0.2) is 0 Å². The molecule has 1 saturated carbocycles. The first-order valence-corrected chi connectivity index (χ1v) is 11.1. The Balaban J connectivity index is 2.40. The standard InChI is InChI=1S/C23H38O4/c1-5-9-14(7-3)11-16-17(12-15(8-4)10-6-2)19-13-18(16)20(22(24)25)21(19)23(26)27/h14-15,18-21H,5-13H2,1-4H3,(H,24,25)(H,26,27). The summed E-state index contributed by atoms with van der Waals surface area (Å²) in [5.41, 5.74) is 2.67. The highest BCUT2D eigenvalue weighted by atomic mass is 16.4. The second-order valence-electron chi connectivity index (χ2n) is 8.76. The van der Waals surface area contributed by atoms with E-state index in [0.29, 0.717) is 11.8 Å². The molecule has 0 aromatic carbocycles. The van der Waals surface area contributed by atoms with Crippen molar-refractivity contribution in [3.63, 3.8) is 0 Å². The van der Waals surface area contributed by atoms with Crippen molar-refractivity contribution in [1.82, 2.24) is 0 Å². The van der Waals surface area contributed by atoms with Gasteiger partial charge in [-0.15, -0.1) is 0 Å². The summed E-state index contributed by atoms with van der Waals surface area (Å²) in [5.74, 6) is -2.27. The zero-order valence-electron chi connectivity index (χ0n) is 17.5. The molecule has 1 fully saturated rings. The fourth-order valence-corrected chi connectivity index (χ4v) is 5.82. The lowest BCUT2D eigenvalue weighted by Crippen LogP contribution is -2.36. The Kier molecular flexibility index (Phi) is 7.93. The van der Waals surface area contributed by atoms with Crippen molar-refractivity contribution < 1.29 is 19.8 Å². The number of carboxylic acids is 2. The van der Waals surface area contributed by atoms with E-state index in [1.165, 1.54) is 11.1 Å². The average molecular weight is 379 g/mol. The van der Waals surface area contributed by atoms with E-state index in [1.807, 2.05) is 0 Å². The Hall–Kier alpha value is -1.32. The summed E-state index contributed by atoms with van der Waals surface area (Å²) >= 11 is 0. The lowest BCUT2D eigenvalue weighted by atomic mass is 9.71. The number of aliphatic carboxylic acids is 2. The molecular weight excluding hydrogens is 340 g/mol. The molecule has 2 bridgehead atoms. The summed E-state index contributed by atoms with van der Waals surface area (Å²) in [7, 11) is 0. The normalized spacial score (nSPS) is 29.2. The number of carbonyl (C=O) groups is 2. The van der Waals surface area contributed by atoms with Crippen molar-refractivity contribution in [1.29, 1.82) is 0 Å². The largest absolute Gasteiger partial charge is 0.481 e. The van der Waals surface area contributed by atoms with Crippen LogP contribution < -0.4 is 0 Å². The second-order valence-corrected chi connectivity index (χ2v) is 8.76. The monoisotopic (exact) mass is 378 g/mol. The van der Waals surface area contributed by atoms with Crippen LogP contribution in [-0.4, -0.2) is 22.2 Å². The molecule has 154 valence electrons. The molecule has 0 amide bonds. The Labute approximate surface area is 164 Å². The van der Waals surface area contributed by atoms with E-state index in [1.54, 1.807) is 0 Å². The molecule has 0 spiro atoms. The third-order valence-corrected chi connectivity index (χ3v) is 7.21. The number of allylic oxidation sites excluding steroid dienone is 2. The first kappa shape index (κ1) is 22.0. The van der Waals surface area contributed by atoms with Gasteiger partial charge in [-0.25, -0.2) is 0 Å². The molecule has 0 heterocycles. The molecule has 2 N–H and O–H groups in total. The third-order valence-electron chi connectivity index (χ3n) is 7.21. The summed E-state index contributed by atoms with van der Waals surface area (Å²) < 4.78 is 0. The molecular formula is C23H38O4. The second kappa shape index (κ2) is 9.75. The van der Waals surface area contributed by atoms with Crippen molar-refractivity contribution in [2.45, 2.75) is 85.5 Å². The predicted octanol–water partition coefficient (Wildman–Crippen LogP) is 5.77. The Morgan fingerprint density at radius 1 is 0.815 bits per heavy atom. The molecule has 0 aliphatic heterocycles. The lowest BCUT2D eigenvalue weighted by Gasteiger charge is -2.33. The van der Waals surface area contributed by atoms with Crippen LogP contribution in [0.3, 0.4) is 0 Å². The predicted molar refractivity (Wildman–Crippen MR) is 107 cm³/mol. The van der Waals surface area contributed by atoms with Gasteiger partial charge in [-0.05, 0) is 42.9 Å². The van der Waals surface area contributed by atoms with E-state index >= 15 is 0 Å². The molecule has 2 rings (SSSR count). The van der Waals surface area contributed by atoms with Crippen LogP contribution in [0.2, 0.25) is 0 Å². The topological polar surface area (TPSA) is 74.6 Å². The Bertz CT molecular complexity index is 517. The van der Waals surface area contributed by atoms with Crippen LogP contribution >= 0.6 is 0 Å². The van der Waals surface area contributed by atoms with Gasteiger partial charge in [-0.3, -0.25) is 9.59 Å². The minimum atomic E-state index is -0.921. The molecule has 6 atom stereocenters. The van der Waals surface area contributed by atoms with Gasteiger partial charge in [0.05, 0.1) is 11.8 Å². The zero-order chi connectivity index (χ0) is 20.1. The zero-order valence-corrected chi connectivity index (χ0v) is 17.5. The van der Waals surface area contributed by atoms with Crippen molar-refractivity contribution in [2.24, 2.45) is 35.5 Å². The fourth-order valence-electron chi connectivity index (χ4n) is 5.82. The van der Waals surface area contributed by atoms with E-state index in [0.717, 1.165) is 57.8 Å². The number of rotatable bonds is 12. The summed E-state index contributed by atoms with van der Waals surface area (Å²) in [6.07, 6.45) is 9.50. The van der Waals surface area contributed by atoms with Gasteiger partial charge in [0.25, 0.3) is 0 Å². The van der Waals surface area contributed by atoms with Gasteiger partial charge in [0.2, 0.25) is 0 Å². The molecule has 2 aliphatic carbocycles. The van der Waals surface area contributed by atoms with Gasteiger partial charge >= 0.3 is 11.9 Å². The summed E-state index contributed by atoms with van der Waals surface area (Å²) in [6, 6.07) is 0. The third kappa shape index (κ3) is 4.57. The Morgan fingerprint density at radius 2 is 1.19 bits per heavy atom. The molecule has 0 radical (unpaired) electrons. The maximum Gasteiger partial charge on any atom is 0.308 e. The minimum Gasteiger partial charge on any atom is -0.481 e. The van der Waals surface area contributed by atoms with Gasteiger partial charge in [-0.2, -0.15) is 0 Å². The molecule has 6 unspecified atom stereocenters. The molecule has 0 aromatic rings. The van der Waals surface area contributed by atoms with Crippen molar-refractivity contribution in [3.05, 3.63) is 11.1 Å². The number of hydrogen-bond donors (Lipinski definition) is 2. The highest BCUT2D eigenvalue weighted by molar-refractivity contribution is 5.83. The highest BCUT2D eigenvalue weighted by Gasteiger charge is 2.57. The van der Waals surface area contributed by atoms with Crippen molar-refractivity contribution in [2.75, 3.05) is 0 Å². The summed E-state index contributed by atoms with van der Waals surface area (Å²) in [4.78, 5) is 23.9. The molecule has 4 nitrogen and oxygen atoms in total. The van der Waals surface area contributed by atoms with Crippen LogP contribution in [0.1, 0.15) is 85.5 Å². The molecule has 2 aliphatic rings. The molecule has 27 heavy (non-hydrogen) atoms. The lowest BCUT2D eigenvalue weighted by molar-refractivity contribution is -0.154. The van der Waals surface area contributed by atoms with Crippen LogP contribution in [0.15, 0.2) is 11.1 Å². The van der Waals surface area contributed by atoms with Crippen molar-refractivity contribution >= 4 is 11.9 Å². The van der Waals surface area contributed by atoms with Crippen LogP contribution in [-0.2, 0) is 9.59 Å². The maximum absolute atomic E-state index is 11.9. The van der Waals surface area contributed by atoms with Crippen LogP contribution in [0, 0.1) is 35.5 Å². The SMILES string of the molecule is CCCC(CC)CC1=C(CC(CC)CCC)C2CC1C(C(=O)O)C2C(=O)O. The fraction of sp³-hybridized carbons (Fsp3) is 0.826. The molecule has 0 aromatic heterocycles. The highest BCUT2D eigenvalue weighted by Crippen LogP contribution is 2.58. The van der Waals surface area contributed by atoms with Gasteiger partial charge in [0.1, 0.15) is 0 Å². The first-order chi connectivity index (χ1) is 12.9. The number of hydrogen-bond acceptors (Lipinski definition) is 2. The average Bonchev–Trinajstić information content (AvgIpc) is 3.17. The van der Waals surface area contributed by atoms with Crippen LogP contribution in [0.5, 0.6) is 0 Å². The number of carboxylic acid groups (broad SMARTS) is 2. The molecule has 0 saturated heterocycles. The van der Waals surface area contributed by atoms with Crippen LogP contribution in [0.4, 0.5) is 0 Å². The molecule has 4 heteroatoms. The van der Waals surface area contributed by atoms with E-state index in [4.69, 9.17) is 0 Å². The summed E-state index contributed by atoms with van der Waals surface area (Å²) in [5, 5.41) is 19.6.